The normalized spacial score (nSPS) is 18.7. The first-order chi connectivity index (χ1) is 16.3. The van der Waals surface area contributed by atoms with Gasteiger partial charge in [-0.25, -0.2) is 0 Å². The first-order valence-electron chi connectivity index (χ1n) is 13.0. The smallest absolute Gasteiger partial charge is 0.0730 e. The molecule has 0 aromatic heterocycles. The van der Waals surface area contributed by atoms with Crippen LogP contribution in [0.15, 0.2) is 89.5 Å². The SMILES string of the molecule is CC1=CC(C)([Si](c2cccc(C)c2)(c2cccc(C)c2)c2cc(C)cc([Si](C)(C)C)c2)C(C)=C1C. The fraction of sp³-hybridized carbons (Fsp3) is 0.333. The molecule has 0 N–H and O–H groups in total. The van der Waals surface area contributed by atoms with Gasteiger partial charge in [-0.15, -0.1) is 0 Å². The molecule has 0 amide bonds. The Bertz CT molecular complexity index is 1300. The lowest BCUT2D eigenvalue weighted by molar-refractivity contribution is 0.870. The Kier molecular flexibility index (Phi) is 6.53. The largest absolute Gasteiger partial charge is 0.161 e. The number of hydrogen-bond donors (Lipinski definition) is 0. The number of allylic oxidation sites excluding steroid dienone is 4. The highest BCUT2D eigenvalue weighted by atomic mass is 28.3. The van der Waals surface area contributed by atoms with Crippen LogP contribution in [0.5, 0.6) is 0 Å². The molecule has 0 spiro atoms. The van der Waals surface area contributed by atoms with E-state index in [0.717, 1.165) is 0 Å². The summed E-state index contributed by atoms with van der Waals surface area (Å²) in [7, 11) is -4.09. The summed E-state index contributed by atoms with van der Waals surface area (Å²) in [6.07, 6.45) is 2.62. The number of rotatable bonds is 5. The molecule has 3 aromatic rings. The van der Waals surface area contributed by atoms with Gasteiger partial charge in [0.25, 0.3) is 0 Å². The predicted molar refractivity (Wildman–Crippen MR) is 162 cm³/mol. The van der Waals surface area contributed by atoms with Gasteiger partial charge in [0, 0.05) is 5.04 Å². The van der Waals surface area contributed by atoms with Gasteiger partial charge in [0.05, 0.1) is 8.07 Å². The summed E-state index contributed by atoms with van der Waals surface area (Å²) in [6, 6.07) is 26.5. The molecule has 1 unspecified atom stereocenters. The van der Waals surface area contributed by atoms with E-state index in [1.807, 2.05) is 0 Å². The second kappa shape index (κ2) is 8.90. The van der Waals surface area contributed by atoms with Crippen molar-refractivity contribution in [3.05, 3.63) is 106 Å². The molecule has 0 fully saturated rings. The van der Waals surface area contributed by atoms with E-state index in [4.69, 9.17) is 0 Å². The van der Waals surface area contributed by atoms with Crippen LogP contribution in [-0.2, 0) is 0 Å². The Morgan fingerprint density at radius 2 is 1.06 bits per heavy atom. The van der Waals surface area contributed by atoms with Gasteiger partial charge in [0.15, 0.2) is 8.07 Å². The first kappa shape index (κ1) is 25.7. The average molecular weight is 495 g/mol. The fourth-order valence-corrected chi connectivity index (χ4v) is 14.1. The predicted octanol–water partition coefficient (Wildman–Crippen LogP) is 6.68. The Balaban J connectivity index is 2.27. The van der Waals surface area contributed by atoms with Crippen LogP contribution in [0, 0.1) is 20.8 Å². The van der Waals surface area contributed by atoms with Crippen LogP contribution < -0.4 is 20.7 Å². The van der Waals surface area contributed by atoms with Crippen molar-refractivity contribution in [3.8, 4) is 0 Å². The van der Waals surface area contributed by atoms with Gasteiger partial charge in [0.2, 0.25) is 0 Å². The zero-order valence-electron chi connectivity index (χ0n) is 23.4. The molecule has 0 aliphatic heterocycles. The lowest BCUT2D eigenvalue weighted by Gasteiger charge is -2.47. The Morgan fingerprint density at radius 1 is 0.571 bits per heavy atom. The molecule has 0 saturated heterocycles. The van der Waals surface area contributed by atoms with E-state index >= 15 is 0 Å². The van der Waals surface area contributed by atoms with E-state index < -0.39 is 16.1 Å². The highest BCUT2D eigenvalue weighted by Crippen LogP contribution is 2.52. The third kappa shape index (κ3) is 4.15. The van der Waals surface area contributed by atoms with Crippen molar-refractivity contribution in [3.63, 3.8) is 0 Å². The molecule has 0 nitrogen and oxygen atoms in total. The highest BCUT2D eigenvalue weighted by Gasteiger charge is 2.56. The van der Waals surface area contributed by atoms with Gasteiger partial charge in [-0.1, -0.05) is 132 Å². The van der Waals surface area contributed by atoms with E-state index in [-0.39, 0.29) is 5.04 Å². The summed E-state index contributed by atoms with van der Waals surface area (Å²) in [5, 5.41) is 6.07. The van der Waals surface area contributed by atoms with Crippen molar-refractivity contribution >= 4 is 36.9 Å². The number of benzene rings is 3. The van der Waals surface area contributed by atoms with Gasteiger partial charge in [-0.3, -0.25) is 0 Å². The minimum absolute atomic E-state index is 0.0622. The van der Waals surface area contributed by atoms with Crippen molar-refractivity contribution in [1.29, 1.82) is 0 Å². The van der Waals surface area contributed by atoms with E-state index in [0.29, 0.717) is 0 Å². The molecule has 4 rings (SSSR count). The van der Waals surface area contributed by atoms with Gasteiger partial charge >= 0.3 is 0 Å². The number of hydrogen-bond acceptors (Lipinski definition) is 0. The van der Waals surface area contributed by atoms with E-state index in [1.165, 1.54) is 43.8 Å². The Morgan fingerprint density at radius 3 is 1.49 bits per heavy atom. The summed E-state index contributed by atoms with van der Waals surface area (Å²) in [6.45, 7) is 23.8. The van der Waals surface area contributed by atoms with Gasteiger partial charge in [0.1, 0.15) is 0 Å². The topological polar surface area (TPSA) is 0 Å². The van der Waals surface area contributed by atoms with Crippen molar-refractivity contribution < 1.29 is 0 Å². The minimum atomic E-state index is -2.58. The first-order valence-corrected chi connectivity index (χ1v) is 18.5. The lowest BCUT2D eigenvalue weighted by atomic mass is 10.0. The number of aryl methyl sites for hydroxylation is 3. The van der Waals surface area contributed by atoms with E-state index in [2.05, 4.69) is 141 Å². The van der Waals surface area contributed by atoms with Gasteiger partial charge in [-0.05, 0) is 62.7 Å². The van der Waals surface area contributed by atoms with Crippen molar-refractivity contribution in [2.75, 3.05) is 0 Å². The summed E-state index contributed by atoms with van der Waals surface area (Å²) in [5.74, 6) is 0. The molecule has 1 aliphatic rings. The van der Waals surface area contributed by atoms with Crippen molar-refractivity contribution in [2.24, 2.45) is 0 Å². The zero-order chi connectivity index (χ0) is 25.8. The van der Waals surface area contributed by atoms with E-state index in [9.17, 15) is 0 Å². The summed E-state index contributed by atoms with van der Waals surface area (Å²) >= 11 is 0. The molecule has 0 heterocycles. The maximum atomic E-state index is 2.62. The molecular weight excluding hydrogens is 453 g/mol. The van der Waals surface area contributed by atoms with Crippen LogP contribution >= 0.6 is 0 Å². The molecule has 35 heavy (non-hydrogen) atoms. The minimum Gasteiger partial charge on any atom is -0.0730 e. The molecular formula is C33H42Si2. The monoisotopic (exact) mass is 494 g/mol. The lowest BCUT2D eigenvalue weighted by Crippen LogP contribution is -2.73. The Hall–Kier alpha value is -2.43. The van der Waals surface area contributed by atoms with Crippen LogP contribution in [-0.4, -0.2) is 16.1 Å². The van der Waals surface area contributed by atoms with Gasteiger partial charge in [-0.2, -0.15) is 0 Å². The van der Waals surface area contributed by atoms with Crippen molar-refractivity contribution in [2.45, 2.75) is 73.1 Å². The third-order valence-corrected chi connectivity index (χ3v) is 16.1. The molecule has 2 heteroatoms. The quantitative estimate of drug-likeness (QED) is 0.274. The molecule has 1 aliphatic carbocycles. The molecule has 0 bridgehead atoms. The second-order valence-corrected chi connectivity index (χ2v) is 21.5. The van der Waals surface area contributed by atoms with E-state index in [1.54, 1.807) is 10.4 Å². The van der Waals surface area contributed by atoms with Gasteiger partial charge < -0.3 is 0 Å². The molecule has 1 atom stereocenters. The summed E-state index contributed by atoms with van der Waals surface area (Å²) in [4.78, 5) is 0. The second-order valence-electron chi connectivity index (χ2n) is 12.1. The standard InChI is InChI=1S/C33H42Si2/c1-23-13-11-15-29(17-23)35(30-16-12-14-24(2)18-30,33(7)22-26(4)27(5)28(33)6)32-20-25(3)19-31(21-32)34(8,9)10/h11-22H,1-10H3. The summed E-state index contributed by atoms with van der Waals surface area (Å²) < 4.78 is 0. The van der Waals surface area contributed by atoms with Crippen LogP contribution in [0.2, 0.25) is 24.7 Å². The average Bonchev–Trinajstić information content (AvgIpc) is 2.97. The van der Waals surface area contributed by atoms with Crippen LogP contribution in [0.3, 0.4) is 0 Å². The summed E-state index contributed by atoms with van der Waals surface area (Å²) in [5.41, 5.74) is 8.48. The maximum Gasteiger partial charge on any atom is 0.161 e. The maximum absolute atomic E-state index is 2.62. The zero-order valence-corrected chi connectivity index (χ0v) is 25.4. The highest BCUT2D eigenvalue weighted by molar-refractivity contribution is 7.14. The Labute approximate surface area is 215 Å². The van der Waals surface area contributed by atoms with Crippen LogP contribution in [0.1, 0.15) is 44.4 Å². The third-order valence-electron chi connectivity index (χ3n) is 8.50. The molecule has 0 saturated carbocycles. The molecule has 182 valence electrons. The molecule has 0 radical (unpaired) electrons. The van der Waals surface area contributed by atoms with Crippen LogP contribution in [0.4, 0.5) is 0 Å². The fourth-order valence-electron chi connectivity index (χ4n) is 6.31. The van der Waals surface area contributed by atoms with Crippen molar-refractivity contribution in [1.82, 2.24) is 0 Å². The van der Waals surface area contributed by atoms with Crippen LogP contribution in [0.25, 0.3) is 0 Å². The molecule has 3 aromatic carbocycles.